The van der Waals surface area contributed by atoms with E-state index < -0.39 is 11.9 Å². The fraction of sp³-hybridized carbons (Fsp3) is 0.625. The standard InChI is InChI=1S/2C4H6O2.2C4H9.Sn/c2*1-2-3-4(5)6;2*1-3-4-2;/h2*2-3H,1H3,(H,5,6);2*1,3-4H2,2H3;/q;;;;+2/p-2/b2*3-2+;;;. The summed E-state index contributed by atoms with van der Waals surface area (Å²) in [6, 6.07) is 0. The van der Waals surface area contributed by atoms with Crippen molar-refractivity contribution in [2.24, 2.45) is 0 Å². The molecule has 0 rings (SSSR count). The summed E-state index contributed by atoms with van der Waals surface area (Å²) in [4.78, 5) is 18.8. The van der Waals surface area contributed by atoms with Crippen molar-refractivity contribution in [1.82, 2.24) is 0 Å². The Morgan fingerprint density at radius 2 is 1.19 bits per heavy atom. The van der Waals surface area contributed by atoms with E-state index in [2.05, 4.69) is 13.8 Å². The molecule has 0 N–H and O–H groups in total. The zero-order valence-corrected chi connectivity index (χ0v) is 16.5. The molecular weight excluding hydrogens is 375 g/mol. The molecule has 0 aliphatic heterocycles. The first kappa shape index (κ1) is 25.2. The third-order valence-electron chi connectivity index (χ3n) is 2.02. The van der Waals surface area contributed by atoms with Gasteiger partial charge in [0.2, 0.25) is 0 Å². The van der Waals surface area contributed by atoms with Gasteiger partial charge in [0, 0.05) is 0 Å². The number of carbonyl (C=O) groups is 2. The summed E-state index contributed by atoms with van der Waals surface area (Å²) < 4.78 is 3.25. The van der Waals surface area contributed by atoms with Crippen LogP contribution in [-0.4, -0.2) is 33.1 Å². The molecular formula is C16H28O4Sn. The van der Waals surface area contributed by atoms with E-state index in [0.29, 0.717) is 0 Å². The van der Waals surface area contributed by atoms with Crippen molar-refractivity contribution in [2.75, 3.05) is 0 Å². The second-order valence-corrected chi connectivity index (χ2v) is 8.38. The Morgan fingerprint density at radius 1 is 0.857 bits per heavy atom. The quantitative estimate of drug-likeness (QED) is 0.352. The van der Waals surface area contributed by atoms with Gasteiger partial charge in [-0.3, -0.25) is 0 Å². The van der Waals surface area contributed by atoms with E-state index in [4.69, 9.17) is 0 Å². The predicted octanol–water partition coefficient (Wildman–Crippen LogP) is 1.75. The zero-order valence-electron chi connectivity index (χ0n) is 13.7. The topological polar surface area (TPSA) is 80.3 Å². The second-order valence-electron chi connectivity index (χ2n) is 4.10. The molecule has 0 spiro atoms. The van der Waals surface area contributed by atoms with Gasteiger partial charge in [0.25, 0.3) is 0 Å². The van der Waals surface area contributed by atoms with Crippen molar-refractivity contribution in [3.05, 3.63) is 24.3 Å². The molecule has 0 atom stereocenters. The van der Waals surface area contributed by atoms with Crippen LogP contribution in [0.25, 0.3) is 0 Å². The van der Waals surface area contributed by atoms with Crippen molar-refractivity contribution in [1.29, 1.82) is 0 Å². The van der Waals surface area contributed by atoms with Crippen molar-refractivity contribution in [3.63, 3.8) is 0 Å². The fourth-order valence-electron chi connectivity index (χ4n) is 1.00. The summed E-state index contributed by atoms with van der Waals surface area (Å²) in [5.74, 6) is -2.28. The number of unbranched alkanes of at least 4 members (excludes halogenated alkanes) is 2. The SMILES string of the molecule is C/C=C/C(=O)[O-].C/C=C/C(=O)[O-].CCC[CH2][Sn+2][CH2]CCC. The molecule has 4 nitrogen and oxygen atoms in total. The van der Waals surface area contributed by atoms with Gasteiger partial charge < -0.3 is 19.8 Å². The van der Waals surface area contributed by atoms with Crippen LogP contribution >= 0.6 is 0 Å². The van der Waals surface area contributed by atoms with Crippen molar-refractivity contribution >= 4 is 33.1 Å². The van der Waals surface area contributed by atoms with Crippen LogP contribution in [0.5, 0.6) is 0 Å². The van der Waals surface area contributed by atoms with Gasteiger partial charge in [0.1, 0.15) is 0 Å². The number of aliphatic carboxylic acids is 2. The molecule has 120 valence electrons. The molecule has 0 aliphatic rings. The van der Waals surface area contributed by atoms with E-state index in [9.17, 15) is 19.8 Å². The minimum atomic E-state index is -1.14. The summed E-state index contributed by atoms with van der Waals surface area (Å²) in [5, 5.41) is 18.8. The van der Waals surface area contributed by atoms with Crippen LogP contribution < -0.4 is 10.2 Å². The Morgan fingerprint density at radius 3 is 1.33 bits per heavy atom. The third-order valence-corrected chi connectivity index (χ3v) is 6.06. The van der Waals surface area contributed by atoms with Crippen LogP contribution in [0, 0.1) is 0 Å². The Bertz CT molecular complexity index is 258. The van der Waals surface area contributed by atoms with Crippen molar-refractivity contribution in [2.45, 2.75) is 62.3 Å². The van der Waals surface area contributed by atoms with E-state index in [1.54, 1.807) is 22.7 Å². The van der Waals surface area contributed by atoms with E-state index in [-0.39, 0.29) is 21.1 Å². The summed E-state index contributed by atoms with van der Waals surface area (Å²) in [6.45, 7) is 7.82. The Kier molecular flexibility index (Phi) is 29.1. The average molecular weight is 403 g/mol. The van der Waals surface area contributed by atoms with E-state index in [0.717, 1.165) is 12.2 Å². The first-order valence-corrected chi connectivity index (χ1v) is 11.4. The molecule has 0 bridgehead atoms. The summed E-state index contributed by atoms with van der Waals surface area (Å²) in [5.41, 5.74) is 0. The van der Waals surface area contributed by atoms with E-state index in [1.807, 2.05) is 0 Å². The molecule has 5 heteroatoms. The molecule has 0 aliphatic carbocycles. The first-order chi connectivity index (χ1) is 9.95. The molecule has 0 saturated carbocycles. The number of allylic oxidation sites excluding steroid dienone is 2. The molecule has 0 aromatic rings. The number of hydrogen-bond donors (Lipinski definition) is 0. The molecule has 0 unspecified atom stereocenters. The monoisotopic (exact) mass is 404 g/mol. The maximum atomic E-state index is 9.40. The molecule has 21 heavy (non-hydrogen) atoms. The Balaban J connectivity index is -0.000000240. The molecule has 0 amide bonds. The average Bonchev–Trinajstić information content (AvgIpc) is 2.40. The van der Waals surface area contributed by atoms with Gasteiger partial charge in [-0.15, -0.1) is 0 Å². The second kappa shape index (κ2) is 24.3. The summed E-state index contributed by atoms with van der Waals surface area (Å²) in [6.07, 6.45) is 10.6. The van der Waals surface area contributed by atoms with E-state index >= 15 is 0 Å². The van der Waals surface area contributed by atoms with Crippen LogP contribution in [0.4, 0.5) is 0 Å². The third kappa shape index (κ3) is 45.3. The molecule has 0 radical (unpaired) electrons. The van der Waals surface area contributed by atoms with Gasteiger partial charge in [0.05, 0.1) is 11.9 Å². The number of rotatable bonds is 8. The van der Waals surface area contributed by atoms with Gasteiger partial charge in [0.15, 0.2) is 0 Å². The molecule has 0 saturated heterocycles. The minimum absolute atomic E-state index is 0.149. The van der Waals surface area contributed by atoms with Gasteiger partial charge in [-0.05, 0) is 26.0 Å². The fourth-order valence-corrected chi connectivity index (χ4v) is 5.16. The summed E-state index contributed by atoms with van der Waals surface area (Å²) >= 11 is 0.149. The molecule has 0 aromatic carbocycles. The van der Waals surface area contributed by atoms with Crippen LogP contribution in [0.15, 0.2) is 24.3 Å². The molecule has 0 fully saturated rings. The van der Waals surface area contributed by atoms with Crippen LogP contribution in [0.2, 0.25) is 8.87 Å². The van der Waals surface area contributed by atoms with Gasteiger partial charge in [-0.1, -0.05) is 12.2 Å². The Hall–Kier alpha value is -0.781. The van der Waals surface area contributed by atoms with Crippen molar-refractivity contribution in [3.8, 4) is 0 Å². The predicted molar refractivity (Wildman–Crippen MR) is 84.8 cm³/mol. The van der Waals surface area contributed by atoms with E-state index in [1.165, 1.54) is 37.8 Å². The van der Waals surface area contributed by atoms with Gasteiger partial charge in [-0.2, -0.15) is 0 Å². The number of hydrogen-bond acceptors (Lipinski definition) is 4. The zero-order chi connectivity index (χ0) is 16.9. The number of carbonyl (C=O) groups excluding carboxylic acids is 2. The number of carboxylic acids is 2. The molecule has 0 aromatic heterocycles. The Labute approximate surface area is 139 Å². The maximum absolute atomic E-state index is 9.40. The van der Waals surface area contributed by atoms with Gasteiger partial charge in [-0.25, -0.2) is 0 Å². The summed E-state index contributed by atoms with van der Waals surface area (Å²) in [7, 11) is 0. The van der Waals surface area contributed by atoms with Crippen LogP contribution in [-0.2, 0) is 9.59 Å². The van der Waals surface area contributed by atoms with Crippen LogP contribution in [0.3, 0.4) is 0 Å². The van der Waals surface area contributed by atoms with Gasteiger partial charge >= 0.3 is 69.5 Å². The normalized spacial score (nSPS) is 9.33. The van der Waals surface area contributed by atoms with Crippen molar-refractivity contribution < 1.29 is 19.8 Å². The molecule has 0 heterocycles. The first-order valence-electron chi connectivity index (χ1n) is 7.34. The van der Waals surface area contributed by atoms with Crippen LogP contribution in [0.1, 0.15) is 53.4 Å². The number of carboxylic acid groups (broad SMARTS) is 2.